The summed E-state index contributed by atoms with van der Waals surface area (Å²) in [5, 5.41) is 12.2. The first-order valence-electron chi connectivity index (χ1n) is 6.21. The van der Waals surface area contributed by atoms with Gasteiger partial charge < -0.3 is 5.32 Å². The number of hydrogen-bond acceptors (Lipinski definition) is 3. The second-order valence-electron chi connectivity index (χ2n) is 4.43. The third-order valence-electron chi connectivity index (χ3n) is 3.24. The average molecular weight is 240 g/mol. The van der Waals surface area contributed by atoms with Gasteiger partial charge in [0, 0.05) is 18.7 Å². The van der Waals surface area contributed by atoms with Gasteiger partial charge >= 0.3 is 0 Å². The Labute approximate surface area is 107 Å². The van der Waals surface area contributed by atoms with E-state index in [2.05, 4.69) is 5.32 Å². The molecule has 92 valence electrons. The van der Waals surface area contributed by atoms with Crippen LogP contribution in [0.2, 0.25) is 0 Å². The van der Waals surface area contributed by atoms with E-state index in [-0.39, 0.29) is 11.7 Å². The van der Waals surface area contributed by atoms with Crippen LogP contribution in [0.4, 0.5) is 0 Å². The number of allylic oxidation sites excluding steroid dienone is 2. The lowest BCUT2D eigenvalue weighted by Crippen LogP contribution is -2.25. The van der Waals surface area contributed by atoms with Crippen molar-refractivity contribution < 1.29 is 4.79 Å². The number of nitriles is 1. The first-order chi connectivity index (χ1) is 8.76. The van der Waals surface area contributed by atoms with Crippen molar-refractivity contribution in [2.45, 2.75) is 25.7 Å². The first kappa shape index (κ1) is 12.4. The van der Waals surface area contributed by atoms with Crippen LogP contribution in [0.1, 0.15) is 31.2 Å². The Bertz CT molecular complexity index is 511. The Morgan fingerprint density at radius 2 is 2.06 bits per heavy atom. The van der Waals surface area contributed by atoms with Crippen LogP contribution in [0.15, 0.2) is 41.6 Å². The van der Waals surface area contributed by atoms with Crippen molar-refractivity contribution in [3.63, 3.8) is 0 Å². The average Bonchev–Trinajstić information content (AvgIpc) is 2.40. The Kier molecular flexibility index (Phi) is 3.78. The fourth-order valence-electron chi connectivity index (χ4n) is 2.38. The summed E-state index contributed by atoms with van der Waals surface area (Å²) < 4.78 is 0. The summed E-state index contributed by atoms with van der Waals surface area (Å²) in [5.41, 5.74) is 2.27. The molecular weight excluding hydrogens is 224 g/mol. The highest BCUT2D eigenvalue weighted by molar-refractivity contribution is 6.01. The monoisotopic (exact) mass is 240 g/mol. The van der Waals surface area contributed by atoms with E-state index in [9.17, 15) is 4.79 Å². The second kappa shape index (κ2) is 5.50. The summed E-state index contributed by atoms with van der Waals surface area (Å²) in [6.45, 7) is 2.70. The Hall–Kier alpha value is -2.08. The lowest BCUT2D eigenvalue weighted by molar-refractivity contribution is -0.116. The van der Waals surface area contributed by atoms with Crippen molar-refractivity contribution in [1.82, 2.24) is 5.32 Å². The van der Waals surface area contributed by atoms with Crippen molar-refractivity contribution in [2.24, 2.45) is 0 Å². The highest BCUT2D eigenvalue weighted by Gasteiger charge is 2.28. The molecule has 0 saturated carbocycles. The zero-order valence-electron chi connectivity index (χ0n) is 10.4. The molecule has 0 aliphatic heterocycles. The van der Waals surface area contributed by atoms with Gasteiger partial charge in [-0.15, -0.1) is 0 Å². The van der Waals surface area contributed by atoms with Gasteiger partial charge in [0.15, 0.2) is 5.78 Å². The molecule has 0 aromatic heterocycles. The van der Waals surface area contributed by atoms with Crippen molar-refractivity contribution in [2.75, 3.05) is 6.54 Å². The molecule has 0 spiro atoms. The highest BCUT2D eigenvalue weighted by atomic mass is 16.1. The number of benzene rings is 1. The summed E-state index contributed by atoms with van der Waals surface area (Å²) in [5.74, 6) is 0.137. The molecule has 3 nitrogen and oxygen atoms in total. The molecule has 2 rings (SSSR count). The number of carbonyl (C=O) groups is 1. The number of ketones is 1. The largest absolute Gasteiger partial charge is 0.387 e. The molecule has 1 N–H and O–H groups in total. The van der Waals surface area contributed by atoms with Gasteiger partial charge in [-0.1, -0.05) is 30.3 Å². The smallest absolute Gasteiger partial charge is 0.175 e. The molecule has 1 unspecified atom stereocenters. The van der Waals surface area contributed by atoms with Crippen LogP contribution in [0.25, 0.3) is 0 Å². The summed E-state index contributed by atoms with van der Waals surface area (Å²) in [6, 6.07) is 12.0. The summed E-state index contributed by atoms with van der Waals surface area (Å²) in [7, 11) is 0. The van der Waals surface area contributed by atoms with Gasteiger partial charge in [0.05, 0.1) is 0 Å². The van der Waals surface area contributed by atoms with Gasteiger partial charge in [0.1, 0.15) is 11.6 Å². The lowest BCUT2D eigenvalue weighted by atomic mass is 9.82. The molecule has 0 fully saturated rings. The maximum absolute atomic E-state index is 12.0. The van der Waals surface area contributed by atoms with E-state index < -0.39 is 0 Å². The normalized spacial score (nSPS) is 19.6. The van der Waals surface area contributed by atoms with E-state index in [4.69, 9.17) is 5.26 Å². The topological polar surface area (TPSA) is 52.9 Å². The lowest BCUT2D eigenvalue weighted by Gasteiger charge is -2.24. The van der Waals surface area contributed by atoms with Gasteiger partial charge in [-0.25, -0.2) is 0 Å². The van der Waals surface area contributed by atoms with Gasteiger partial charge in [0.2, 0.25) is 0 Å². The summed E-state index contributed by atoms with van der Waals surface area (Å²) in [4.78, 5) is 12.0. The van der Waals surface area contributed by atoms with E-state index in [0.29, 0.717) is 12.0 Å². The van der Waals surface area contributed by atoms with Gasteiger partial charge in [-0.05, 0) is 24.8 Å². The molecular formula is C15H16N2O. The number of carbonyl (C=O) groups excluding carboxylic acids is 1. The molecule has 1 aliphatic rings. The SMILES string of the molecule is CCNC1=C(C#N)C(=O)CC(c2ccccc2)C1. The highest BCUT2D eigenvalue weighted by Crippen LogP contribution is 2.33. The third kappa shape index (κ3) is 2.43. The van der Waals surface area contributed by atoms with E-state index >= 15 is 0 Å². The van der Waals surface area contributed by atoms with Crippen LogP contribution in [-0.2, 0) is 4.79 Å². The van der Waals surface area contributed by atoms with Crippen molar-refractivity contribution in [3.8, 4) is 6.07 Å². The summed E-state index contributed by atoms with van der Waals surface area (Å²) in [6.07, 6.45) is 1.17. The minimum atomic E-state index is -0.0476. The zero-order valence-corrected chi connectivity index (χ0v) is 10.4. The minimum absolute atomic E-state index is 0.0476. The summed E-state index contributed by atoms with van der Waals surface area (Å²) >= 11 is 0. The van der Waals surface area contributed by atoms with Gasteiger partial charge in [-0.2, -0.15) is 5.26 Å². The molecule has 1 aliphatic carbocycles. The number of nitrogens with one attached hydrogen (secondary N) is 1. The van der Waals surface area contributed by atoms with Crippen molar-refractivity contribution >= 4 is 5.78 Å². The molecule has 1 aromatic rings. The Balaban J connectivity index is 2.29. The maximum atomic E-state index is 12.0. The predicted octanol–water partition coefficient (Wildman–Crippen LogP) is 2.52. The van der Waals surface area contributed by atoms with Crippen LogP contribution >= 0.6 is 0 Å². The van der Waals surface area contributed by atoms with Gasteiger partial charge in [-0.3, -0.25) is 4.79 Å². The quantitative estimate of drug-likeness (QED) is 0.883. The zero-order chi connectivity index (χ0) is 13.0. The Morgan fingerprint density at radius 3 is 2.67 bits per heavy atom. The number of Topliss-reactive ketones (excluding diaryl/α,β-unsaturated/α-hetero) is 1. The molecule has 0 amide bonds. The first-order valence-corrected chi connectivity index (χ1v) is 6.21. The third-order valence-corrected chi connectivity index (χ3v) is 3.24. The van der Waals surface area contributed by atoms with Crippen LogP contribution in [0, 0.1) is 11.3 Å². The maximum Gasteiger partial charge on any atom is 0.175 e. The fraction of sp³-hybridized carbons (Fsp3) is 0.333. The number of hydrogen-bond donors (Lipinski definition) is 1. The number of rotatable bonds is 3. The van der Waals surface area contributed by atoms with E-state index in [0.717, 1.165) is 18.7 Å². The van der Waals surface area contributed by atoms with Crippen molar-refractivity contribution in [1.29, 1.82) is 5.26 Å². The molecule has 0 heterocycles. The molecule has 18 heavy (non-hydrogen) atoms. The molecule has 0 radical (unpaired) electrons. The standard InChI is InChI=1S/C15H16N2O/c1-2-17-14-8-12(9-15(18)13(14)10-16)11-6-4-3-5-7-11/h3-7,12,17H,2,8-9H2,1H3. The van der Waals surface area contributed by atoms with E-state index in [1.54, 1.807) is 0 Å². The number of nitrogens with zero attached hydrogens (tertiary/aromatic N) is 1. The van der Waals surface area contributed by atoms with Gasteiger partial charge in [0.25, 0.3) is 0 Å². The second-order valence-corrected chi connectivity index (χ2v) is 4.43. The molecule has 0 saturated heterocycles. The molecule has 1 atom stereocenters. The molecule has 0 bridgehead atoms. The molecule has 3 heteroatoms. The van der Waals surface area contributed by atoms with Crippen molar-refractivity contribution in [3.05, 3.63) is 47.2 Å². The minimum Gasteiger partial charge on any atom is -0.387 e. The van der Waals surface area contributed by atoms with E-state index in [1.807, 2.05) is 43.3 Å². The predicted molar refractivity (Wildman–Crippen MR) is 69.7 cm³/mol. The van der Waals surface area contributed by atoms with Crippen LogP contribution in [0.3, 0.4) is 0 Å². The fourth-order valence-corrected chi connectivity index (χ4v) is 2.38. The van der Waals surface area contributed by atoms with Crippen LogP contribution < -0.4 is 5.32 Å². The van der Waals surface area contributed by atoms with E-state index in [1.165, 1.54) is 5.56 Å². The van der Waals surface area contributed by atoms with Crippen LogP contribution in [0.5, 0.6) is 0 Å². The van der Waals surface area contributed by atoms with Crippen LogP contribution in [-0.4, -0.2) is 12.3 Å². The Morgan fingerprint density at radius 1 is 1.33 bits per heavy atom. The molecule has 1 aromatic carbocycles.